The summed E-state index contributed by atoms with van der Waals surface area (Å²) in [4.78, 5) is 14.2. The number of benzene rings is 1. The van der Waals surface area contributed by atoms with Gasteiger partial charge in [-0.2, -0.15) is 0 Å². The SMILES string of the molecule is Cc1ccccc1CC1CN(C(=O)N[C@H](C)CC[C@@H]2CCCO2)C1. The topological polar surface area (TPSA) is 41.6 Å². The van der Waals surface area contributed by atoms with Crippen LogP contribution in [0.15, 0.2) is 24.3 Å². The predicted octanol–water partition coefficient (Wildman–Crippen LogP) is 3.53. The summed E-state index contributed by atoms with van der Waals surface area (Å²) in [5, 5.41) is 3.13. The third-order valence-corrected chi connectivity index (χ3v) is 5.33. The van der Waals surface area contributed by atoms with Crippen LogP contribution in [0.5, 0.6) is 0 Å². The summed E-state index contributed by atoms with van der Waals surface area (Å²) in [6.45, 7) is 6.91. The van der Waals surface area contributed by atoms with Crippen molar-refractivity contribution >= 4 is 6.03 Å². The van der Waals surface area contributed by atoms with Gasteiger partial charge in [-0.15, -0.1) is 0 Å². The van der Waals surface area contributed by atoms with Gasteiger partial charge in [-0.3, -0.25) is 0 Å². The van der Waals surface area contributed by atoms with Crippen molar-refractivity contribution in [2.75, 3.05) is 19.7 Å². The van der Waals surface area contributed by atoms with E-state index in [4.69, 9.17) is 4.74 Å². The Morgan fingerprint density at radius 1 is 1.38 bits per heavy atom. The molecule has 0 bridgehead atoms. The second-order valence-corrected chi connectivity index (χ2v) is 7.46. The molecule has 0 aromatic heterocycles. The number of ether oxygens (including phenoxy) is 1. The van der Waals surface area contributed by atoms with Gasteiger partial charge in [0.15, 0.2) is 0 Å². The van der Waals surface area contributed by atoms with Gasteiger partial charge < -0.3 is 15.0 Å². The molecule has 4 heteroatoms. The van der Waals surface area contributed by atoms with Gasteiger partial charge in [-0.1, -0.05) is 24.3 Å². The summed E-state index contributed by atoms with van der Waals surface area (Å²) in [5.41, 5.74) is 2.76. The van der Waals surface area contributed by atoms with Crippen LogP contribution in [0.2, 0.25) is 0 Å². The lowest BCUT2D eigenvalue weighted by atomic mass is 9.90. The molecule has 0 aliphatic carbocycles. The molecule has 2 atom stereocenters. The van der Waals surface area contributed by atoms with Crippen molar-refractivity contribution in [1.82, 2.24) is 10.2 Å². The summed E-state index contributed by atoms with van der Waals surface area (Å²) in [5.74, 6) is 0.596. The lowest BCUT2D eigenvalue weighted by Gasteiger charge is -2.40. The summed E-state index contributed by atoms with van der Waals surface area (Å²) >= 11 is 0. The molecule has 2 amide bonds. The van der Waals surface area contributed by atoms with Crippen LogP contribution in [0.4, 0.5) is 4.79 Å². The number of urea groups is 1. The minimum Gasteiger partial charge on any atom is -0.378 e. The number of aryl methyl sites for hydroxylation is 1. The Balaban J connectivity index is 1.34. The lowest BCUT2D eigenvalue weighted by molar-refractivity contribution is 0.0977. The minimum absolute atomic E-state index is 0.0934. The number of hydrogen-bond donors (Lipinski definition) is 1. The Morgan fingerprint density at radius 3 is 2.88 bits per heavy atom. The Morgan fingerprint density at radius 2 is 2.17 bits per heavy atom. The van der Waals surface area contributed by atoms with Crippen LogP contribution in [0.3, 0.4) is 0 Å². The van der Waals surface area contributed by atoms with Crippen molar-refractivity contribution in [1.29, 1.82) is 0 Å². The van der Waals surface area contributed by atoms with E-state index in [1.165, 1.54) is 24.0 Å². The highest BCUT2D eigenvalue weighted by molar-refractivity contribution is 5.75. The van der Waals surface area contributed by atoms with Crippen LogP contribution in [0.25, 0.3) is 0 Å². The second kappa shape index (κ2) is 8.02. The Kier molecular flexibility index (Phi) is 5.77. The smallest absolute Gasteiger partial charge is 0.317 e. The molecule has 2 heterocycles. The molecule has 24 heavy (non-hydrogen) atoms. The average molecular weight is 330 g/mol. The van der Waals surface area contributed by atoms with Crippen LogP contribution >= 0.6 is 0 Å². The number of nitrogens with one attached hydrogen (secondary N) is 1. The molecule has 1 aromatic carbocycles. The van der Waals surface area contributed by atoms with Crippen molar-refractivity contribution in [3.8, 4) is 0 Å². The largest absolute Gasteiger partial charge is 0.378 e. The Hall–Kier alpha value is -1.55. The average Bonchev–Trinajstić information content (AvgIpc) is 3.03. The number of hydrogen-bond acceptors (Lipinski definition) is 2. The quantitative estimate of drug-likeness (QED) is 0.867. The molecule has 2 fully saturated rings. The summed E-state index contributed by atoms with van der Waals surface area (Å²) < 4.78 is 5.65. The molecule has 0 saturated carbocycles. The highest BCUT2D eigenvalue weighted by atomic mass is 16.5. The number of likely N-dealkylation sites (tertiary alicyclic amines) is 1. The third-order valence-electron chi connectivity index (χ3n) is 5.33. The highest BCUT2D eigenvalue weighted by Crippen LogP contribution is 2.22. The highest BCUT2D eigenvalue weighted by Gasteiger charge is 2.31. The van der Waals surface area contributed by atoms with E-state index in [1.54, 1.807) is 0 Å². The number of carbonyl (C=O) groups is 1. The second-order valence-electron chi connectivity index (χ2n) is 7.46. The molecule has 132 valence electrons. The van der Waals surface area contributed by atoms with E-state index in [-0.39, 0.29) is 12.1 Å². The summed E-state index contributed by atoms with van der Waals surface area (Å²) in [6.07, 6.45) is 5.89. The molecule has 0 unspecified atom stereocenters. The molecule has 0 radical (unpaired) electrons. The van der Waals surface area contributed by atoms with Gasteiger partial charge >= 0.3 is 6.03 Å². The van der Waals surface area contributed by atoms with Crippen LogP contribution in [-0.4, -0.2) is 42.8 Å². The Bertz CT molecular complexity index is 548. The molecular weight excluding hydrogens is 300 g/mol. The maximum absolute atomic E-state index is 12.3. The van der Waals surface area contributed by atoms with Gasteiger partial charge in [0, 0.05) is 25.7 Å². The van der Waals surface area contributed by atoms with Crippen LogP contribution in [-0.2, 0) is 11.2 Å². The van der Waals surface area contributed by atoms with Gasteiger partial charge in [0.1, 0.15) is 0 Å². The molecule has 2 aliphatic heterocycles. The van der Waals surface area contributed by atoms with Crippen LogP contribution in [0.1, 0.15) is 43.7 Å². The first-order chi connectivity index (χ1) is 11.6. The van der Waals surface area contributed by atoms with E-state index >= 15 is 0 Å². The fourth-order valence-electron chi connectivity index (χ4n) is 3.70. The van der Waals surface area contributed by atoms with E-state index in [1.807, 2.05) is 4.90 Å². The fraction of sp³-hybridized carbons (Fsp3) is 0.650. The maximum atomic E-state index is 12.3. The van der Waals surface area contributed by atoms with Crippen molar-refractivity contribution < 1.29 is 9.53 Å². The lowest BCUT2D eigenvalue weighted by Crippen LogP contribution is -2.55. The first-order valence-electron chi connectivity index (χ1n) is 9.33. The van der Waals surface area contributed by atoms with E-state index in [2.05, 4.69) is 43.4 Å². The zero-order chi connectivity index (χ0) is 16.9. The normalized spacial score (nSPS) is 22.2. The summed E-state index contributed by atoms with van der Waals surface area (Å²) in [7, 11) is 0. The van der Waals surface area contributed by atoms with Crippen molar-refractivity contribution in [2.24, 2.45) is 5.92 Å². The van der Waals surface area contributed by atoms with Crippen molar-refractivity contribution in [3.05, 3.63) is 35.4 Å². The van der Waals surface area contributed by atoms with Gasteiger partial charge in [0.05, 0.1) is 6.10 Å². The van der Waals surface area contributed by atoms with Crippen molar-refractivity contribution in [2.45, 2.75) is 58.1 Å². The van der Waals surface area contributed by atoms with Gasteiger partial charge in [0.2, 0.25) is 0 Å². The standard InChI is InChI=1S/C20H30N2O2/c1-15-6-3-4-7-18(15)12-17-13-22(14-17)20(23)21-16(2)9-10-19-8-5-11-24-19/h3-4,6-7,16-17,19H,5,8-14H2,1-2H3,(H,21,23)/t16-,19+/m1/s1. The number of carbonyl (C=O) groups excluding carboxylic acids is 1. The first kappa shape index (κ1) is 17.3. The molecule has 3 rings (SSSR count). The zero-order valence-electron chi connectivity index (χ0n) is 15.0. The number of nitrogens with zero attached hydrogens (tertiary/aromatic N) is 1. The molecule has 2 aliphatic rings. The molecule has 4 nitrogen and oxygen atoms in total. The predicted molar refractivity (Wildman–Crippen MR) is 96.1 cm³/mol. The van der Waals surface area contributed by atoms with E-state index < -0.39 is 0 Å². The number of amides is 2. The van der Waals surface area contributed by atoms with Crippen LogP contribution < -0.4 is 5.32 Å². The summed E-state index contributed by atoms with van der Waals surface area (Å²) in [6, 6.07) is 8.85. The zero-order valence-corrected chi connectivity index (χ0v) is 15.0. The Labute approximate surface area is 145 Å². The fourth-order valence-corrected chi connectivity index (χ4v) is 3.70. The monoisotopic (exact) mass is 330 g/mol. The molecule has 1 aromatic rings. The van der Waals surface area contributed by atoms with Crippen molar-refractivity contribution in [3.63, 3.8) is 0 Å². The van der Waals surface area contributed by atoms with Gasteiger partial charge in [-0.25, -0.2) is 4.79 Å². The van der Waals surface area contributed by atoms with Gasteiger partial charge in [0.25, 0.3) is 0 Å². The van der Waals surface area contributed by atoms with Crippen LogP contribution in [0, 0.1) is 12.8 Å². The number of rotatable bonds is 6. The van der Waals surface area contributed by atoms with E-state index in [9.17, 15) is 4.79 Å². The molecule has 2 saturated heterocycles. The third kappa shape index (κ3) is 4.50. The first-order valence-corrected chi connectivity index (χ1v) is 9.33. The maximum Gasteiger partial charge on any atom is 0.317 e. The molecule has 0 spiro atoms. The molecular formula is C20H30N2O2. The van der Waals surface area contributed by atoms with E-state index in [0.717, 1.165) is 39.0 Å². The minimum atomic E-state index is 0.0934. The molecule has 1 N–H and O–H groups in total. The van der Waals surface area contributed by atoms with Gasteiger partial charge in [-0.05, 0) is 63.0 Å². The van der Waals surface area contributed by atoms with E-state index in [0.29, 0.717) is 12.0 Å².